The first-order valence-corrected chi connectivity index (χ1v) is 7.79. The Kier molecular flexibility index (Phi) is 5.14. The molecule has 5 heteroatoms. The van der Waals surface area contributed by atoms with Gasteiger partial charge in [0.1, 0.15) is 29.7 Å². The molecule has 0 unspecified atom stereocenters. The Balaban J connectivity index is 1.60. The molecule has 3 nitrogen and oxygen atoms in total. The van der Waals surface area contributed by atoms with E-state index >= 15 is 0 Å². The van der Waals surface area contributed by atoms with E-state index < -0.39 is 0 Å². The molecule has 3 rings (SSSR count). The van der Waals surface area contributed by atoms with Crippen LogP contribution in [0.15, 0.2) is 66.7 Å². The summed E-state index contributed by atoms with van der Waals surface area (Å²) in [5, 5.41) is 13.1. The predicted octanol–water partition coefficient (Wildman–Crippen LogP) is 4.86. The predicted molar refractivity (Wildman–Crippen MR) is 92.6 cm³/mol. The summed E-state index contributed by atoms with van der Waals surface area (Å²) in [6.07, 6.45) is 0. The van der Waals surface area contributed by atoms with Crippen molar-refractivity contribution in [2.75, 3.05) is 5.32 Å². The van der Waals surface area contributed by atoms with Crippen molar-refractivity contribution >= 4 is 5.69 Å². The van der Waals surface area contributed by atoms with E-state index in [-0.39, 0.29) is 30.5 Å². The lowest BCUT2D eigenvalue weighted by molar-refractivity contribution is 0.304. The molecule has 0 saturated heterocycles. The van der Waals surface area contributed by atoms with Crippen molar-refractivity contribution in [1.29, 1.82) is 0 Å². The highest BCUT2D eigenvalue weighted by Crippen LogP contribution is 2.25. The van der Waals surface area contributed by atoms with E-state index in [1.54, 1.807) is 42.5 Å². The molecule has 3 aromatic rings. The topological polar surface area (TPSA) is 41.5 Å². The van der Waals surface area contributed by atoms with Gasteiger partial charge in [0, 0.05) is 18.2 Å². The van der Waals surface area contributed by atoms with E-state index in [0.29, 0.717) is 17.0 Å². The molecule has 0 heterocycles. The molecule has 0 atom stereocenters. The van der Waals surface area contributed by atoms with Gasteiger partial charge in [-0.2, -0.15) is 0 Å². The number of anilines is 1. The number of phenols is 1. The Hall–Kier alpha value is -3.08. The molecular formula is C20H17F2NO2. The highest BCUT2D eigenvalue weighted by Gasteiger charge is 2.06. The van der Waals surface area contributed by atoms with Gasteiger partial charge in [-0.25, -0.2) is 8.78 Å². The summed E-state index contributed by atoms with van der Waals surface area (Å²) < 4.78 is 32.0. The van der Waals surface area contributed by atoms with Crippen LogP contribution in [0.2, 0.25) is 0 Å². The zero-order valence-corrected chi connectivity index (χ0v) is 13.4. The third-order valence-electron chi connectivity index (χ3n) is 3.72. The SMILES string of the molecule is Oc1cc(OCc2ccc(F)cc2)ccc1CNc1ccccc1F. The van der Waals surface area contributed by atoms with Crippen molar-refractivity contribution in [3.8, 4) is 11.5 Å². The van der Waals surface area contributed by atoms with Gasteiger partial charge in [0.05, 0.1) is 5.69 Å². The molecule has 3 aromatic carbocycles. The van der Waals surface area contributed by atoms with Gasteiger partial charge in [-0.1, -0.05) is 24.3 Å². The fourth-order valence-electron chi connectivity index (χ4n) is 2.33. The average molecular weight is 341 g/mol. The minimum Gasteiger partial charge on any atom is -0.507 e. The number of nitrogens with one attached hydrogen (secondary N) is 1. The summed E-state index contributed by atoms with van der Waals surface area (Å²) in [4.78, 5) is 0. The number of benzene rings is 3. The van der Waals surface area contributed by atoms with Gasteiger partial charge in [0.15, 0.2) is 0 Å². The van der Waals surface area contributed by atoms with E-state index in [1.807, 2.05) is 0 Å². The monoisotopic (exact) mass is 341 g/mol. The van der Waals surface area contributed by atoms with Gasteiger partial charge in [0.2, 0.25) is 0 Å². The molecule has 25 heavy (non-hydrogen) atoms. The van der Waals surface area contributed by atoms with E-state index in [2.05, 4.69) is 5.32 Å². The van der Waals surface area contributed by atoms with Gasteiger partial charge < -0.3 is 15.2 Å². The molecule has 128 valence electrons. The van der Waals surface area contributed by atoms with Crippen LogP contribution in [-0.2, 0) is 13.2 Å². The summed E-state index contributed by atoms with van der Waals surface area (Å²) in [6.45, 7) is 0.553. The van der Waals surface area contributed by atoms with Crippen LogP contribution in [0.5, 0.6) is 11.5 Å². The van der Waals surface area contributed by atoms with Crippen molar-refractivity contribution in [2.24, 2.45) is 0 Å². The summed E-state index contributed by atoms with van der Waals surface area (Å²) >= 11 is 0. The van der Waals surface area contributed by atoms with Crippen LogP contribution in [0, 0.1) is 11.6 Å². The van der Waals surface area contributed by atoms with Crippen molar-refractivity contribution in [3.05, 3.63) is 89.5 Å². The second kappa shape index (κ2) is 7.66. The highest BCUT2D eigenvalue weighted by molar-refractivity contribution is 5.47. The molecule has 2 N–H and O–H groups in total. The van der Waals surface area contributed by atoms with Crippen LogP contribution in [0.1, 0.15) is 11.1 Å². The minimum atomic E-state index is -0.346. The summed E-state index contributed by atoms with van der Waals surface area (Å²) in [5.41, 5.74) is 1.82. The standard InChI is InChI=1S/C20H17F2NO2/c21-16-8-5-14(6-9-16)13-25-17-10-7-15(20(24)11-17)12-23-19-4-2-1-3-18(19)22/h1-11,23-24H,12-13H2. The smallest absolute Gasteiger partial charge is 0.146 e. The van der Waals surface area contributed by atoms with Gasteiger partial charge in [-0.05, 0) is 42.0 Å². The maximum Gasteiger partial charge on any atom is 0.146 e. The van der Waals surface area contributed by atoms with Gasteiger partial charge in [-0.15, -0.1) is 0 Å². The second-order valence-corrected chi connectivity index (χ2v) is 5.54. The number of para-hydroxylation sites is 1. The first-order valence-electron chi connectivity index (χ1n) is 7.79. The van der Waals surface area contributed by atoms with Crippen molar-refractivity contribution in [2.45, 2.75) is 13.2 Å². The highest BCUT2D eigenvalue weighted by atomic mass is 19.1. The minimum absolute atomic E-state index is 0.0560. The van der Waals surface area contributed by atoms with Crippen LogP contribution < -0.4 is 10.1 Å². The van der Waals surface area contributed by atoms with E-state index in [4.69, 9.17) is 4.74 Å². The van der Waals surface area contributed by atoms with Gasteiger partial charge in [-0.3, -0.25) is 0 Å². The Morgan fingerprint density at radius 3 is 2.40 bits per heavy atom. The fraction of sp³-hybridized carbons (Fsp3) is 0.100. The number of halogens is 2. The number of ether oxygens (including phenoxy) is 1. The molecule has 0 aliphatic rings. The molecule has 0 fully saturated rings. The lowest BCUT2D eigenvalue weighted by Crippen LogP contribution is -2.02. The Morgan fingerprint density at radius 2 is 1.68 bits per heavy atom. The van der Waals surface area contributed by atoms with Crippen LogP contribution in [0.25, 0.3) is 0 Å². The number of phenolic OH excluding ortho intramolecular Hbond substituents is 1. The Labute approximate surface area is 144 Å². The zero-order valence-electron chi connectivity index (χ0n) is 13.4. The molecular weight excluding hydrogens is 324 g/mol. The fourth-order valence-corrected chi connectivity index (χ4v) is 2.33. The molecule has 0 bridgehead atoms. The van der Waals surface area contributed by atoms with Crippen molar-refractivity contribution < 1.29 is 18.6 Å². The van der Waals surface area contributed by atoms with Crippen molar-refractivity contribution in [1.82, 2.24) is 0 Å². The van der Waals surface area contributed by atoms with Gasteiger partial charge in [0.25, 0.3) is 0 Å². The zero-order chi connectivity index (χ0) is 17.6. The summed E-state index contributed by atoms with van der Waals surface area (Å²) in [7, 11) is 0. The van der Waals surface area contributed by atoms with Crippen LogP contribution >= 0.6 is 0 Å². The first kappa shape index (κ1) is 16.8. The van der Waals surface area contributed by atoms with E-state index in [1.165, 1.54) is 24.3 Å². The number of rotatable bonds is 6. The Bertz CT molecular complexity index is 851. The average Bonchev–Trinajstić information content (AvgIpc) is 2.62. The number of hydrogen-bond donors (Lipinski definition) is 2. The molecule has 0 aliphatic heterocycles. The molecule has 0 aromatic heterocycles. The molecule has 0 aliphatic carbocycles. The van der Waals surface area contributed by atoms with Crippen LogP contribution in [0.4, 0.5) is 14.5 Å². The van der Waals surface area contributed by atoms with Gasteiger partial charge >= 0.3 is 0 Å². The third kappa shape index (κ3) is 4.47. The maximum atomic E-state index is 13.6. The third-order valence-corrected chi connectivity index (χ3v) is 3.72. The van der Waals surface area contributed by atoms with Crippen molar-refractivity contribution in [3.63, 3.8) is 0 Å². The van der Waals surface area contributed by atoms with E-state index in [0.717, 1.165) is 5.56 Å². The first-order chi connectivity index (χ1) is 12.1. The normalized spacial score (nSPS) is 10.5. The second-order valence-electron chi connectivity index (χ2n) is 5.54. The lowest BCUT2D eigenvalue weighted by atomic mass is 10.2. The van der Waals surface area contributed by atoms with Crippen LogP contribution in [0.3, 0.4) is 0 Å². The lowest BCUT2D eigenvalue weighted by Gasteiger charge is -2.11. The molecule has 0 amide bonds. The Morgan fingerprint density at radius 1 is 0.920 bits per heavy atom. The quantitative estimate of drug-likeness (QED) is 0.673. The number of hydrogen-bond acceptors (Lipinski definition) is 3. The summed E-state index contributed by atoms with van der Waals surface area (Å²) in [6, 6.07) is 17.3. The molecule has 0 radical (unpaired) electrons. The molecule has 0 spiro atoms. The summed E-state index contributed by atoms with van der Waals surface area (Å²) in [5.74, 6) is -0.0914. The molecule has 0 saturated carbocycles. The maximum absolute atomic E-state index is 13.6. The van der Waals surface area contributed by atoms with Crippen LogP contribution in [-0.4, -0.2) is 5.11 Å². The van der Waals surface area contributed by atoms with E-state index in [9.17, 15) is 13.9 Å². The largest absolute Gasteiger partial charge is 0.507 e. The number of aromatic hydroxyl groups is 1.